The minimum Gasteiger partial charge on any atom is -0.387 e. The Balaban J connectivity index is 1.88. The summed E-state index contributed by atoms with van der Waals surface area (Å²) in [7, 11) is 0. The highest BCUT2D eigenvalue weighted by molar-refractivity contribution is 5.21. The van der Waals surface area contributed by atoms with E-state index in [0.29, 0.717) is 6.54 Å². The number of nitrogens with zero attached hydrogens (tertiary/aromatic N) is 2. The Morgan fingerprint density at radius 2 is 2.14 bits per heavy atom. The summed E-state index contributed by atoms with van der Waals surface area (Å²) < 4.78 is 28.4. The van der Waals surface area contributed by atoms with E-state index in [-0.39, 0.29) is 18.2 Å². The van der Waals surface area contributed by atoms with Gasteiger partial charge in [0.05, 0.1) is 18.8 Å². The predicted octanol–water partition coefficient (Wildman–Crippen LogP) is 2.18. The van der Waals surface area contributed by atoms with Crippen LogP contribution in [0.2, 0.25) is 0 Å². The summed E-state index contributed by atoms with van der Waals surface area (Å²) in [6.45, 7) is 4.66. The van der Waals surface area contributed by atoms with Crippen LogP contribution in [0.15, 0.2) is 30.6 Å². The summed E-state index contributed by atoms with van der Waals surface area (Å²) in [5, 5.41) is 17.2. The van der Waals surface area contributed by atoms with Crippen LogP contribution in [0.1, 0.15) is 24.2 Å². The van der Waals surface area contributed by atoms with Gasteiger partial charge in [-0.05, 0) is 37.6 Å². The van der Waals surface area contributed by atoms with Gasteiger partial charge in [0.25, 0.3) is 0 Å². The second-order valence-electron chi connectivity index (χ2n) is 5.23. The first-order valence-corrected chi connectivity index (χ1v) is 6.81. The molecule has 0 amide bonds. The zero-order valence-corrected chi connectivity index (χ0v) is 12.1. The third-order valence-corrected chi connectivity index (χ3v) is 3.20. The molecule has 4 nitrogen and oxygen atoms in total. The molecule has 0 bridgehead atoms. The fourth-order valence-electron chi connectivity index (χ4n) is 2.10. The molecule has 0 aliphatic rings. The molecule has 0 saturated carbocycles. The van der Waals surface area contributed by atoms with E-state index >= 15 is 0 Å². The molecular formula is C15H19F2N3O. The quantitative estimate of drug-likeness (QED) is 0.859. The highest BCUT2D eigenvalue weighted by Crippen LogP contribution is 2.17. The van der Waals surface area contributed by atoms with Gasteiger partial charge in [-0.3, -0.25) is 4.68 Å². The topological polar surface area (TPSA) is 50.1 Å². The highest BCUT2D eigenvalue weighted by atomic mass is 19.1. The van der Waals surface area contributed by atoms with Crippen LogP contribution in [-0.4, -0.2) is 27.5 Å². The van der Waals surface area contributed by atoms with Crippen molar-refractivity contribution in [1.82, 2.24) is 15.1 Å². The number of benzene rings is 1. The van der Waals surface area contributed by atoms with Gasteiger partial charge in [-0.1, -0.05) is 0 Å². The van der Waals surface area contributed by atoms with E-state index in [1.54, 1.807) is 10.9 Å². The fraction of sp³-hybridized carbons (Fsp3) is 0.400. The summed E-state index contributed by atoms with van der Waals surface area (Å²) in [5.74, 6) is -1.17. The molecule has 2 atom stereocenters. The number of hydrogen-bond acceptors (Lipinski definition) is 3. The van der Waals surface area contributed by atoms with Gasteiger partial charge in [0, 0.05) is 24.3 Å². The maximum atomic E-state index is 13.5. The van der Waals surface area contributed by atoms with Crippen molar-refractivity contribution >= 4 is 0 Å². The van der Waals surface area contributed by atoms with Crippen LogP contribution >= 0.6 is 0 Å². The highest BCUT2D eigenvalue weighted by Gasteiger charge is 2.15. The van der Waals surface area contributed by atoms with Gasteiger partial charge in [-0.15, -0.1) is 0 Å². The normalized spacial score (nSPS) is 14.1. The summed E-state index contributed by atoms with van der Waals surface area (Å²) in [6, 6.07) is 3.10. The molecule has 0 aliphatic heterocycles. The lowest BCUT2D eigenvalue weighted by molar-refractivity contribution is 0.164. The van der Waals surface area contributed by atoms with Crippen molar-refractivity contribution in [3.05, 3.63) is 53.4 Å². The number of rotatable bonds is 6. The average molecular weight is 295 g/mol. The van der Waals surface area contributed by atoms with Gasteiger partial charge >= 0.3 is 0 Å². The Morgan fingerprint density at radius 3 is 2.81 bits per heavy atom. The minimum atomic E-state index is -1.09. The molecule has 21 heavy (non-hydrogen) atoms. The Hall–Kier alpha value is -1.79. The number of hydrogen-bond donors (Lipinski definition) is 2. The second kappa shape index (κ2) is 6.78. The number of aliphatic hydroxyl groups excluding tert-OH is 1. The molecule has 2 aromatic rings. The van der Waals surface area contributed by atoms with Gasteiger partial charge in [0.2, 0.25) is 0 Å². The lowest BCUT2D eigenvalue weighted by Crippen LogP contribution is -2.34. The Labute approximate surface area is 122 Å². The number of aryl methyl sites for hydroxylation is 1. The molecule has 1 heterocycles. The fourth-order valence-corrected chi connectivity index (χ4v) is 2.10. The van der Waals surface area contributed by atoms with Crippen molar-refractivity contribution in [2.45, 2.75) is 32.5 Å². The van der Waals surface area contributed by atoms with Crippen molar-refractivity contribution < 1.29 is 13.9 Å². The molecule has 0 saturated heterocycles. The monoisotopic (exact) mass is 295 g/mol. The Bertz CT molecular complexity index is 600. The Morgan fingerprint density at radius 1 is 1.38 bits per heavy atom. The maximum absolute atomic E-state index is 13.5. The van der Waals surface area contributed by atoms with E-state index in [2.05, 4.69) is 10.4 Å². The largest absolute Gasteiger partial charge is 0.387 e. The molecule has 0 radical (unpaired) electrons. The summed E-state index contributed by atoms with van der Waals surface area (Å²) in [6.07, 6.45) is 2.59. The van der Waals surface area contributed by atoms with Gasteiger partial charge in [0.1, 0.15) is 11.6 Å². The van der Waals surface area contributed by atoms with Crippen LogP contribution in [0.5, 0.6) is 0 Å². The minimum absolute atomic E-state index is 0.0374. The summed E-state index contributed by atoms with van der Waals surface area (Å²) >= 11 is 0. The third kappa shape index (κ3) is 4.34. The van der Waals surface area contributed by atoms with Gasteiger partial charge < -0.3 is 10.4 Å². The van der Waals surface area contributed by atoms with Crippen LogP contribution in [-0.2, 0) is 6.54 Å². The number of halogens is 2. The lowest BCUT2D eigenvalue weighted by atomic mass is 10.1. The molecule has 1 aromatic carbocycles. The molecule has 1 aromatic heterocycles. The molecule has 6 heteroatoms. The molecule has 114 valence electrons. The molecular weight excluding hydrogens is 276 g/mol. The zero-order valence-electron chi connectivity index (χ0n) is 12.1. The van der Waals surface area contributed by atoms with Crippen LogP contribution in [0, 0.1) is 18.6 Å². The van der Waals surface area contributed by atoms with Gasteiger partial charge in [0.15, 0.2) is 0 Å². The second-order valence-corrected chi connectivity index (χ2v) is 5.23. The van der Waals surface area contributed by atoms with Crippen LogP contribution in [0.4, 0.5) is 8.78 Å². The van der Waals surface area contributed by atoms with Crippen molar-refractivity contribution in [2.24, 2.45) is 0 Å². The van der Waals surface area contributed by atoms with E-state index in [4.69, 9.17) is 0 Å². The lowest BCUT2D eigenvalue weighted by Gasteiger charge is -2.18. The van der Waals surface area contributed by atoms with Crippen molar-refractivity contribution in [3.8, 4) is 0 Å². The molecule has 0 spiro atoms. The number of nitrogens with one attached hydrogen (secondary N) is 1. The number of aliphatic hydroxyl groups is 1. The summed E-state index contributed by atoms with van der Waals surface area (Å²) in [4.78, 5) is 0. The molecule has 0 unspecified atom stereocenters. The van der Waals surface area contributed by atoms with E-state index in [1.807, 2.05) is 20.0 Å². The van der Waals surface area contributed by atoms with Crippen LogP contribution in [0.3, 0.4) is 0 Å². The van der Waals surface area contributed by atoms with E-state index in [1.165, 1.54) is 0 Å². The van der Waals surface area contributed by atoms with Gasteiger partial charge in [-0.25, -0.2) is 8.78 Å². The van der Waals surface area contributed by atoms with Crippen LogP contribution < -0.4 is 5.32 Å². The Kier molecular flexibility index (Phi) is 5.03. The number of aromatic nitrogens is 2. The zero-order chi connectivity index (χ0) is 15.4. The van der Waals surface area contributed by atoms with E-state index < -0.39 is 17.7 Å². The van der Waals surface area contributed by atoms with E-state index in [9.17, 15) is 13.9 Å². The van der Waals surface area contributed by atoms with Crippen molar-refractivity contribution in [1.29, 1.82) is 0 Å². The smallest absolute Gasteiger partial charge is 0.129 e. The van der Waals surface area contributed by atoms with Crippen molar-refractivity contribution in [3.63, 3.8) is 0 Å². The molecule has 0 fully saturated rings. The average Bonchev–Trinajstić information content (AvgIpc) is 2.84. The predicted molar refractivity (Wildman–Crippen MR) is 75.7 cm³/mol. The standard InChI is InChI=1S/C15H19F2N3O/c1-10-6-19-20(8-10)9-11(2)18-7-15(21)13-5-12(16)3-4-14(13)17/h3-6,8,11,15,18,21H,7,9H2,1-2H3/t11-,15+/m1/s1. The van der Waals surface area contributed by atoms with Crippen molar-refractivity contribution in [2.75, 3.05) is 6.54 Å². The van der Waals surface area contributed by atoms with E-state index in [0.717, 1.165) is 23.8 Å². The first-order valence-electron chi connectivity index (χ1n) is 6.81. The molecule has 2 N–H and O–H groups in total. The summed E-state index contributed by atoms with van der Waals surface area (Å²) in [5.41, 5.74) is 1.04. The third-order valence-electron chi connectivity index (χ3n) is 3.20. The first-order chi connectivity index (χ1) is 9.95. The van der Waals surface area contributed by atoms with Gasteiger partial charge in [-0.2, -0.15) is 5.10 Å². The molecule has 0 aliphatic carbocycles. The maximum Gasteiger partial charge on any atom is 0.129 e. The molecule has 2 rings (SSSR count). The first kappa shape index (κ1) is 15.6. The van der Waals surface area contributed by atoms with Crippen LogP contribution in [0.25, 0.3) is 0 Å². The SMILES string of the molecule is Cc1cnn(C[C@@H](C)NC[C@H](O)c2cc(F)ccc2F)c1.